The van der Waals surface area contributed by atoms with Gasteiger partial charge >= 0.3 is 0 Å². The minimum Gasteiger partial charge on any atom is -0.361 e. The Bertz CT molecular complexity index is 559. The molecule has 1 aliphatic carbocycles. The van der Waals surface area contributed by atoms with Gasteiger partial charge in [-0.15, -0.1) is 0 Å². The monoisotopic (exact) mass is 271 g/mol. The molecule has 1 aliphatic rings. The maximum atomic E-state index is 11.9. The van der Waals surface area contributed by atoms with E-state index < -0.39 is 11.7 Å². The van der Waals surface area contributed by atoms with Crippen molar-refractivity contribution in [3.63, 3.8) is 0 Å². The third-order valence-corrected chi connectivity index (χ3v) is 3.41. The van der Waals surface area contributed by atoms with E-state index in [1.807, 2.05) is 31.2 Å². The van der Waals surface area contributed by atoms with Gasteiger partial charge < -0.3 is 5.32 Å². The van der Waals surface area contributed by atoms with Crippen LogP contribution in [0.5, 0.6) is 0 Å². The van der Waals surface area contributed by atoms with Gasteiger partial charge in [0.05, 0.1) is 0 Å². The molecule has 2 rings (SSSR count). The highest BCUT2D eigenvalue weighted by Gasteiger charge is 2.34. The number of benzene rings is 1. The molecule has 20 heavy (non-hydrogen) atoms. The smallest absolute Gasteiger partial charge is 0.175 e. The van der Waals surface area contributed by atoms with Crippen molar-refractivity contribution in [2.24, 2.45) is 5.92 Å². The molecule has 1 saturated carbocycles. The zero-order valence-corrected chi connectivity index (χ0v) is 11.4. The Kier molecular flexibility index (Phi) is 4.45. The molecule has 1 fully saturated rings. The summed E-state index contributed by atoms with van der Waals surface area (Å²) in [7, 11) is 0. The van der Waals surface area contributed by atoms with Crippen molar-refractivity contribution >= 4 is 23.0 Å². The number of carbonyl (C=O) groups is 3. The lowest BCUT2D eigenvalue weighted by Crippen LogP contribution is -2.34. The molecule has 0 amide bonds. The minimum atomic E-state index is -1.08. The van der Waals surface area contributed by atoms with E-state index in [4.69, 9.17) is 0 Å². The maximum Gasteiger partial charge on any atom is 0.175 e. The Balaban J connectivity index is 2.00. The van der Waals surface area contributed by atoms with Crippen LogP contribution in [0.3, 0.4) is 0 Å². The molecule has 4 nitrogen and oxygen atoms in total. The lowest BCUT2D eigenvalue weighted by atomic mass is 9.84. The fourth-order valence-corrected chi connectivity index (χ4v) is 2.27. The molecular formula is C16H17NO3. The number of allylic oxidation sites excluding steroid dienone is 1. The van der Waals surface area contributed by atoms with Gasteiger partial charge in [0.15, 0.2) is 17.3 Å². The summed E-state index contributed by atoms with van der Waals surface area (Å²) in [4.78, 5) is 35.2. The number of carbonyl (C=O) groups excluding carboxylic acids is 3. The first-order valence-electron chi connectivity index (χ1n) is 6.67. The lowest BCUT2D eigenvalue weighted by Gasteiger charge is -2.16. The van der Waals surface area contributed by atoms with Crippen LogP contribution in [0, 0.1) is 12.8 Å². The van der Waals surface area contributed by atoms with Gasteiger partial charge in [-0.25, -0.2) is 0 Å². The summed E-state index contributed by atoms with van der Waals surface area (Å²) >= 11 is 0. The van der Waals surface area contributed by atoms with E-state index in [0.29, 0.717) is 19.3 Å². The Morgan fingerprint density at radius 3 is 2.50 bits per heavy atom. The van der Waals surface area contributed by atoms with Crippen molar-refractivity contribution in [2.75, 3.05) is 5.32 Å². The maximum absolute atomic E-state index is 11.9. The van der Waals surface area contributed by atoms with Crippen LogP contribution in [-0.2, 0) is 14.4 Å². The highest BCUT2D eigenvalue weighted by molar-refractivity contribution is 6.23. The van der Waals surface area contributed by atoms with E-state index in [1.54, 1.807) is 0 Å². The second-order valence-corrected chi connectivity index (χ2v) is 4.91. The van der Waals surface area contributed by atoms with Gasteiger partial charge in [0, 0.05) is 24.7 Å². The summed E-state index contributed by atoms with van der Waals surface area (Å²) < 4.78 is 0. The number of aryl methyl sites for hydroxylation is 1. The summed E-state index contributed by atoms with van der Waals surface area (Å²) in [6.07, 6.45) is 3.97. The molecule has 0 bridgehead atoms. The zero-order valence-electron chi connectivity index (χ0n) is 11.4. The quantitative estimate of drug-likeness (QED) is 0.675. The fraction of sp³-hybridized carbons (Fsp3) is 0.312. The van der Waals surface area contributed by atoms with Crippen molar-refractivity contribution in [1.29, 1.82) is 0 Å². The van der Waals surface area contributed by atoms with Gasteiger partial charge in [-0.05, 0) is 31.1 Å². The van der Waals surface area contributed by atoms with E-state index in [2.05, 4.69) is 5.32 Å². The number of hydrogen-bond donors (Lipinski definition) is 1. The lowest BCUT2D eigenvalue weighted by molar-refractivity contribution is -0.140. The number of anilines is 1. The Hall–Kier alpha value is -2.23. The van der Waals surface area contributed by atoms with Crippen LogP contribution in [0.15, 0.2) is 36.5 Å². The number of ketones is 3. The van der Waals surface area contributed by atoms with Crippen molar-refractivity contribution in [3.8, 4) is 0 Å². The van der Waals surface area contributed by atoms with E-state index in [1.165, 1.54) is 12.3 Å². The van der Waals surface area contributed by atoms with E-state index in [0.717, 1.165) is 11.3 Å². The van der Waals surface area contributed by atoms with Gasteiger partial charge in [-0.1, -0.05) is 18.2 Å². The van der Waals surface area contributed by atoms with Crippen LogP contribution in [0.4, 0.5) is 5.69 Å². The van der Waals surface area contributed by atoms with Crippen LogP contribution in [0.1, 0.15) is 24.8 Å². The molecule has 1 N–H and O–H groups in total. The summed E-state index contributed by atoms with van der Waals surface area (Å²) in [5.41, 5.74) is 1.94. The summed E-state index contributed by atoms with van der Waals surface area (Å²) in [6, 6.07) is 7.65. The SMILES string of the molecule is Cc1ccccc1NC=CC(=O)C1C(=O)CCCC1=O. The molecule has 0 saturated heterocycles. The molecule has 4 heteroatoms. The van der Waals surface area contributed by atoms with E-state index >= 15 is 0 Å². The molecule has 104 valence electrons. The average molecular weight is 271 g/mol. The Morgan fingerprint density at radius 1 is 1.20 bits per heavy atom. The number of hydrogen-bond acceptors (Lipinski definition) is 4. The van der Waals surface area contributed by atoms with Crippen LogP contribution in [-0.4, -0.2) is 17.3 Å². The molecule has 0 atom stereocenters. The Morgan fingerprint density at radius 2 is 1.85 bits per heavy atom. The first-order chi connectivity index (χ1) is 9.59. The second kappa shape index (κ2) is 6.28. The first kappa shape index (κ1) is 14.2. The van der Waals surface area contributed by atoms with E-state index in [-0.39, 0.29) is 11.6 Å². The predicted octanol–water partition coefficient (Wildman–Crippen LogP) is 2.43. The molecule has 1 aromatic carbocycles. The van der Waals surface area contributed by atoms with Gasteiger partial charge in [-0.2, -0.15) is 0 Å². The first-order valence-corrected chi connectivity index (χ1v) is 6.67. The Labute approximate surface area is 117 Å². The van der Waals surface area contributed by atoms with Crippen molar-refractivity contribution in [2.45, 2.75) is 26.2 Å². The molecule has 0 aromatic heterocycles. The van der Waals surface area contributed by atoms with Crippen LogP contribution >= 0.6 is 0 Å². The largest absolute Gasteiger partial charge is 0.361 e. The van der Waals surface area contributed by atoms with Crippen LogP contribution < -0.4 is 5.32 Å². The molecule has 0 radical (unpaired) electrons. The molecule has 0 spiro atoms. The van der Waals surface area contributed by atoms with Gasteiger partial charge in [0.25, 0.3) is 0 Å². The predicted molar refractivity (Wildman–Crippen MR) is 76.3 cm³/mol. The number of nitrogens with one attached hydrogen (secondary N) is 1. The van der Waals surface area contributed by atoms with Crippen molar-refractivity contribution in [1.82, 2.24) is 0 Å². The summed E-state index contributed by atoms with van der Waals surface area (Å²) in [5, 5.41) is 2.99. The van der Waals surface area contributed by atoms with Gasteiger partial charge in [-0.3, -0.25) is 14.4 Å². The van der Waals surface area contributed by atoms with Gasteiger partial charge in [0.2, 0.25) is 0 Å². The number of Topliss-reactive ketones (excluding diaryl/α,β-unsaturated/α-hetero) is 2. The van der Waals surface area contributed by atoms with Crippen molar-refractivity contribution < 1.29 is 14.4 Å². The fourth-order valence-electron chi connectivity index (χ4n) is 2.27. The van der Waals surface area contributed by atoms with E-state index in [9.17, 15) is 14.4 Å². The molecule has 1 aromatic rings. The normalized spacial score (nSPS) is 16.6. The second-order valence-electron chi connectivity index (χ2n) is 4.91. The highest BCUT2D eigenvalue weighted by atomic mass is 16.2. The average Bonchev–Trinajstić information content (AvgIpc) is 2.41. The third kappa shape index (κ3) is 3.20. The standard InChI is InChI=1S/C16H17NO3/c1-11-5-2-3-6-12(11)17-10-9-15(20)16-13(18)7-4-8-14(16)19/h2-3,5-6,9-10,16-17H,4,7-8H2,1H3. The number of rotatable bonds is 4. The molecular weight excluding hydrogens is 254 g/mol. The highest BCUT2D eigenvalue weighted by Crippen LogP contribution is 2.19. The molecule has 0 heterocycles. The summed E-state index contributed by atoms with van der Waals surface area (Å²) in [6.45, 7) is 1.95. The molecule has 0 aliphatic heterocycles. The zero-order chi connectivity index (χ0) is 14.5. The minimum absolute atomic E-state index is 0.258. The summed E-state index contributed by atoms with van der Waals surface area (Å²) in [5.74, 6) is -2.03. The third-order valence-electron chi connectivity index (χ3n) is 3.41. The van der Waals surface area contributed by atoms with Gasteiger partial charge in [0.1, 0.15) is 5.92 Å². The number of para-hydroxylation sites is 1. The topological polar surface area (TPSA) is 63.2 Å². The van der Waals surface area contributed by atoms with Crippen LogP contribution in [0.25, 0.3) is 0 Å². The molecule has 0 unspecified atom stereocenters. The van der Waals surface area contributed by atoms with Crippen LogP contribution in [0.2, 0.25) is 0 Å². The van der Waals surface area contributed by atoms with Crippen molar-refractivity contribution in [3.05, 3.63) is 42.1 Å².